The molecule has 0 saturated carbocycles. The summed E-state index contributed by atoms with van der Waals surface area (Å²) in [5.74, 6) is 1.78. The largest absolute Gasteiger partial charge is 0.508 e. The number of fused-ring (bicyclic) bond motifs is 2. The van der Waals surface area contributed by atoms with Crippen LogP contribution in [-0.2, 0) is 16.1 Å². The number of imide groups is 1. The summed E-state index contributed by atoms with van der Waals surface area (Å²) in [5.41, 5.74) is 7.46. The fraction of sp³-hybridized carbons (Fsp3) is 0.413. The van der Waals surface area contributed by atoms with Gasteiger partial charge < -0.3 is 29.3 Å². The fourth-order valence-corrected chi connectivity index (χ4v) is 9.90. The summed E-state index contributed by atoms with van der Waals surface area (Å²) in [4.78, 5) is 46.4. The smallest absolute Gasteiger partial charge is 0.255 e. The van der Waals surface area contributed by atoms with Gasteiger partial charge in [-0.15, -0.1) is 0 Å². The number of benzene rings is 4. The summed E-state index contributed by atoms with van der Waals surface area (Å²) in [5, 5.41) is 12.7. The monoisotopic (exact) mass is 769 g/mol. The maximum Gasteiger partial charge on any atom is 0.255 e. The van der Waals surface area contributed by atoms with E-state index in [1.54, 1.807) is 24.1 Å². The standard InChI is InChI=1S/C46H51N5O6/c1-29-43(32-4-3-5-37(25-32)56-2)44(39-13-11-36(52)26-41(39)57-29)31-6-8-34(9-7-31)49-18-16-30(17-19-49)27-48-20-22-50(23-21-48)35-10-12-38-33(24-35)28-51(46(38)55)40-14-15-42(53)47-45(40)54/h3-13,24-26,29-30,40,43-44,52H,14-23,27-28H2,1-2H3,(H,47,53,54)/t29-,40+,43+,44-/m1/s1. The zero-order valence-electron chi connectivity index (χ0n) is 32.7. The number of methoxy groups -OCH3 is 1. The zero-order chi connectivity index (χ0) is 39.2. The topological polar surface area (TPSA) is 115 Å². The first kappa shape index (κ1) is 37.1. The maximum atomic E-state index is 13.2. The Morgan fingerprint density at radius 2 is 1.56 bits per heavy atom. The zero-order valence-corrected chi connectivity index (χ0v) is 32.7. The van der Waals surface area contributed by atoms with Gasteiger partial charge in [0.2, 0.25) is 11.8 Å². The number of hydrogen-bond acceptors (Lipinski definition) is 9. The number of carbonyl (C=O) groups excluding carboxylic acids is 3. The first-order valence-electron chi connectivity index (χ1n) is 20.5. The summed E-state index contributed by atoms with van der Waals surface area (Å²) in [6.07, 6.45) is 2.85. The van der Waals surface area contributed by atoms with Gasteiger partial charge in [-0.2, -0.15) is 0 Å². The summed E-state index contributed by atoms with van der Waals surface area (Å²) < 4.78 is 12.0. The molecule has 3 amide bonds. The number of piperazine rings is 1. The van der Waals surface area contributed by atoms with Gasteiger partial charge in [-0.3, -0.25) is 24.6 Å². The minimum absolute atomic E-state index is 0.0546. The Kier molecular flexibility index (Phi) is 10.0. The highest BCUT2D eigenvalue weighted by atomic mass is 16.5. The number of hydrogen-bond donors (Lipinski definition) is 2. The highest BCUT2D eigenvalue weighted by Gasteiger charge is 2.40. The van der Waals surface area contributed by atoms with Crippen molar-refractivity contribution in [3.8, 4) is 17.2 Å². The SMILES string of the molecule is COc1cccc([C@H]2[C@H](c3ccc(N4CCC(CN5CCN(c6ccc7c(c6)CN([C@H]6CCC(=O)NC6=O)C7=O)CC5)CC4)cc3)c3ccc(O)cc3O[C@@H]2C)c1. The normalized spacial score (nSPS) is 24.2. The van der Waals surface area contributed by atoms with Gasteiger partial charge in [-0.1, -0.05) is 30.3 Å². The van der Waals surface area contributed by atoms with Crippen LogP contribution in [0.3, 0.4) is 0 Å². The molecule has 3 fully saturated rings. The molecule has 11 nitrogen and oxygen atoms in total. The van der Waals surface area contributed by atoms with E-state index in [1.807, 2.05) is 30.3 Å². The predicted octanol–water partition coefficient (Wildman–Crippen LogP) is 5.90. The van der Waals surface area contributed by atoms with Gasteiger partial charge in [0.1, 0.15) is 29.4 Å². The molecule has 0 bridgehead atoms. The lowest BCUT2D eigenvalue weighted by Gasteiger charge is -2.40. The first-order valence-corrected chi connectivity index (χ1v) is 20.5. The molecule has 2 N–H and O–H groups in total. The Hall–Kier alpha value is -5.55. The van der Waals surface area contributed by atoms with Crippen molar-refractivity contribution in [1.29, 1.82) is 0 Å². The van der Waals surface area contributed by atoms with Crippen molar-refractivity contribution in [3.63, 3.8) is 0 Å². The number of piperidine rings is 2. The number of aromatic hydroxyl groups is 1. The van der Waals surface area contributed by atoms with Crippen LogP contribution in [0.5, 0.6) is 17.2 Å². The highest BCUT2D eigenvalue weighted by Crippen LogP contribution is 2.50. The predicted molar refractivity (Wildman–Crippen MR) is 218 cm³/mol. The van der Waals surface area contributed by atoms with E-state index in [-0.39, 0.29) is 47.8 Å². The third kappa shape index (κ3) is 7.29. The summed E-state index contributed by atoms with van der Waals surface area (Å²) in [6, 6.07) is 28.4. The average Bonchev–Trinajstić information content (AvgIpc) is 3.55. The molecular weight excluding hydrogens is 719 g/mol. The molecule has 0 unspecified atom stereocenters. The number of amides is 3. The van der Waals surface area contributed by atoms with Crippen molar-refractivity contribution in [1.82, 2.24) is 15.1 Å². The number of rotatable bonds is 8. The Morgan fingerprint density at radius 1 is 0.807 bits per heavy atom. The molecule has 5 heterocycles. The number of ether oxygens (including phenoxy) is 2. The molecule has 4 aromatic carbocycles. The van der Waals surface area contributed by atoms with Crippen LogP contribution in [0.15, 0.2) is 84.9 Å². The van der Waals surface area contributed by atoms with E-state index in [0.717, 1.165) is 87.0 Å². The maximum absolute atomic E-state index is 13.2. The van der Waals surface area contributed by atoms with Crippen molar-refractivity contribution in [3.05, 3.63) is 113 Å². The Bertz CT molecular complexity index is 2160. The summed E-state index contributed by atoms with van der Waals surface area (Å²) in [7, 11) is 1.70. The van der Waals surface area contributed by atoms with Crippen LogP contribution in [0.2, 0.25) is 0 Å². The molecule has 0 radical (unpaired) electrons. The molecule has 5 aliphatic rings. The van der Waals surface area contributed by atoms with Crippen LogP contribution >= 0.6 is 0 Å². The van der Waals surface area contributed by atoms with E-state index in [4.69, 9.17) is 9.47 Å². The summed E-state index contributed by atoms with van der Waals surface area (Å²) >= 11 is 0. The Labute approximate surface area is 334 Å². The third-order valence-electron chi connectivity index (χ3n) is 13.0. The second-order valence-corrected chi connectivity index (χ2v) is 16.4. The molecular formula is C46H51N5O6. The van der Waals surface area contributed by atoms with E-state index in [1.165, 1.54) is 16.8 Å². The van der Waals surface area contributed by atoms with Gasteiger partial charge in [-0.05, 0) is 97.3 Å². The van der Waals surface area contributed by atoms with Crippen LogP contribution in [0.1, 0.15) is 77.1 Å². The fourth-order valence-electron chi connectivity index (χ4n) is 9.90. The highest BCUT2D eigenvalue weighted by molar-refractivity contribution is 6.05. The minimum atomic E-state index is -0.594. The third-order valence-corrected chi connectivity index (χ3v) is 13.0. The Morgan fingerprint density at radius 3 is 2.32 bits per heavy atom. The van der Waals surface area contributed by atoms with Crippen molar-refractivity contribution >= 4 is 29.1 Å². The minimum Gasteiger partial charge on any atom is -0.508 e. The van der Waals surface area contributed by atoms with Crippen molar-refractivity contribution in [2.45, 2.75) is 63.1 Å². The molecule has 4 atom stereocenters. The van der Waals surface area contributed by atoms with Crippen molar-refractivity contribution < 1.29 is 29.0 Å². The molecule has 3 saturated heterocycles. The van der Waals surface area contributed by atoms with Crippen molar-refractivity contribution in [2.24, 2.45) is 5.92 Å². The van der Waals surface area contributed by atoms with Gasteiger partial charge in [0.15, 0.2) is 0 Å². The second-order valence-electron chi connectivity index (χ2n) is 16.4. The molecule has 0 spiro atoms. The van der Waals surface area contributed by atoms with Crippen LogP contribution in [-0.4, -0.2) is 97.7 Å². The number of nitrogens with zero attached hydrogens (tertiary/aromatic N) is 4. The van der Waals surface area contributed by atoms with E-state index < -0.39 is 6.04 Å². The summed E-state index contributed by atoms with van der Waals surface area (Å²) in [6.45, 7) is 9.58. The van der Waals surface area contributed by atoms with Gasteiger partial charge in [0.05, 0.1) is 7.11 Å². The number of phenols is 1. The number of carbonyl (C=O) groups is 3. The van der Waals surface area contributed by atoms with Gasteiger partial charge in [0.25, 0.3) is 5.91 Å². The number of nitrogens with one attached hydrogen (secondary N) is 1. The van der Waals surface area contributed by atoms with Crippen LogP contribution in [0, 0.1) is 5.92 Å². The Balaban J connectivity index is 0.796. The van der Waals surface area contributed by atoms with Crippen LogP contribution in [0.25, 0.3) is 0 Å². The van der Waals surface area contributed by atoms with E-state index in [0.29, 0.717) is 24.4 Å². The molecule has 0 aliphatic carbocycles. The van der Waals surface area contributed by atoms with Crippen LogP contribution < -0.4 is 24.6 Å². The van der Waals surface area contributed by atoms with Gasteiger partial charge >= 0.3 is 0 Å². The average molecular weight is 770 g/mol. The lowest BCUT2D eigenvalue weighted by atomic mass is 9.73. The number of anilines is 2. The van der Waals surface area contributed by atoms with E-state index in [2.05, 4.69) is 69.4 Å². The molecule has 5 aliphatic heterocycles. The molecule has 57 heavy (non-hydrogen) atoms. The van der Waals surface area contributed by atoms with Crippen LogP contribution in [0.4, 0.5) is 11.4 Å². The quantitative estimate of drug-likeness (QED) is 0.212. The molecule has 296 valence electrons. The molecule has 4 aromatic rings. The van der Waals surface area contributed by atoms with E-state index >= 15 is 0 Å². The molecule has 11 heteroatoms. The molecule has 9 rings (SSSR count). The lowest BCUT2D eigenvalue weighted by molar-refractivity contribution is -0.136. The molecule has 0 aromatic heterocycles. The number of phenolic OH excluding ortho intramolecular Hbond substituents is 1. The van der Waals surface area contributed by atoms with Gasteiger partial charge in [0, 0.05) is 99.2 Å². The lowest BCUT2D eigenvalue weighted by Crippen LogP contribution is -2.52. The first-order chi connectivity index (χ1) is 27.7. The van der Waals surface area contributed by atoms with Crippen molar-refractivity contribution in [2.75, 3.05) is 62.7 Å². The second kappa shape index (κ2) is 15.4. The van der Waals surface area contributed by atoms with Gasteiger partial charge in [-0.25, -0.2) is 0 Å². The van der Waals surface area contributed by atoms with E-state index in [9.17, 15) is 19.5 Å².